The maximum atomic E-state index is 12.3. The van der Waals surface area contributed by atoms with E-state index < -0.39 is 5.91 Å². The topological polar surface area (TPSA) is 82.0 Å². The number of anilines is 2. The van der Waals surface area contributed by atoms with Crippen molar-refractivity contribution >= 4 is 23.2 Å². The fourth-order valence-corrected chi connectivity index (χ4v) is 1.92. The molecule has 0 fully saturated rings. The van der Waals surface area contributed by atoms with E-state index in [-0.39, 0.29) is 12.3 Å². The Morgan fingerprint density at radius 1 is 1.09 bits per heavy atom. The van der Waals surface area contributed by atoms with Crippen LogP contribution in [0, 0.1) is 18.3 Å². The van der Waals surface area contributed by atoms with Crippen LogP contribution in [0.5, 0.6) is 0 Å². The van der Waals surface area contributed by atoms with E-state index in [0.717, 1.165) is 11.3 Å². The molecule has 0 aliphatic rings. The van der Waals surface area contributed by atoms with Gasteiger partial charge in [0.25, 0.3) is 5.91 Å². The summed E-state index contributed by atoms with van der Waals surface area (Å²) in [5.74, 6) is -0.662. The highest BCUT2D eigenvalue weighted by Gasteiger charge is 2.09. The van der Waals surface area contributed by atoms with Crippen molar-refractivity contribution in [1.82, 2.24) is 0 Å². The van der Waals surface area contributed by atoms with Crippen LogP contribution >= 0.6 is 0 Å². The summed E-state index contributed by atoms with van der Waals surface area (Å²) in [5.41, 5.74) is 2.62. The third-order valence-corrected chi connectivity index (χ3v) is 3.04. The summed E-state index contributed by atoms with van der Waals surface area (Å²) in [5, 5.41) is 13.9. The zero-order chi connectivity index (χ0) is 15.9. The number of hydrogen-bond donors (Lipinski definition) is 2. The second-order valence-corrected chi connectivity index (χ2v) is 4.73. The number of benzene rings is 2. The molecular formula is C17H15N3O2. The Morgan fingerprint density at radius 3 is 2.59 bits per heavy atom. The van der Waals surface area contributed by atoms with Gasteiger partial charge in [0.2, 0.25) is 5.91 Å². The third kappa shape index (κ3) is 3.93. The molecule has 2 amide bonds. The van der Waals surface area contributed by atoms with E-state index in [1.807, 2.05) is 31.2 Å². The number of nitrogens with zero attached hydrogens (tertiary/aromatic N) is 1. The summed E-state index contributed by atoms with van der Waals surface area (Å²) < 4.78 is 0. The van der Waals surface area contributed by atoms with Gasteiger partial charge in [0.05, 0.1) is 6.07 Å². The van der Waals surface area contributed by atoms with E-state index in [1.54, 1.807) is 30.3 Å². The average Bonchev–Trinajstić information content (AvgIpc) is 2.50. The molecule has 0 spiro atoms. The third-order valence-electron chi connectivity index (χ3n) is 3.04. The summed E-state index contributed by atoms with van der Waals surface area (Å²) in [7, 11) is 0. The number of nitrogens with one attached hydrogen (secondary N) is 2. The van der Waals surface area contributed by atoms with Gasteiger partial charge >= 0.3 is 0 Å². The first-order valence-electron chi connectivity index (χ1n) is 6.74. The zero-order valence-electron chi connectivity index (χ0n) is 12.1. The molecule has 5 nitrogen and oxygen atoms in total. The maximum Gasteiger partial charge on any atom is 0.255 e. The normalized spacial score (nSPS) is 9.64. The molecule has 0 radical (unpaired) electrons. The Bertz CT molecular complexity index is 748. The average molecular weight is 293 g/mol. The molecule has 0 atom stereocenters. The van der Waals surface area contributed by atoms with E-state index in [0.29, 0.717) is 11.3 Å². The molecule has 0 unspecified atom stereocenters. The van der Waals surface area contributed by atoms with Crippen LogP contribution in [-0.4, -0.2) is 11.8 Å². The molecule has 2 rings (SSSR count). The second-order valence-electron chi connectivity index (χ2n) is 4.73. The summed E-state index contributed by atoms with van der Waals surface area (Å²) in [4.78, 5) is 23.6. The monoisotopic (exact) mass is 293 g/mol. The van der Waals surface area contributed by atoms with Gasteiger partial charge in [0, 0.05) is 16.9 Å². The molecule has 0 heterocycles. The van der Waals surface area contributed by atoms with Gasteiger partial charge in [-0.25, -0.2) is 0 Å². The number of carbonyl (C=O) groups excluding carboxylic acids is 2. The fraction of sp³-hybridized carbons (Fsp3) is 0.118. The molecule has 2 N–H and O–H groups in total. The SMILES string of the molecule is Cc1ccccc1NC(=O)c1cccc(NC(=O)CC#N)c1. The minimum Gasteiger partial charge on any atom is -0.325 e. The molecule has 2 aromatic rings. The predicted octanol–water partition coefficient (Wildman–Crippen LogP) is 3.10. The van der Waals surface area contributed by atoms with Gasteiger partial charge in [-0.3, -0.25) is 9.59 Å². The summed E-state index contributed by atoms with van der Waals surface area (Å²) in [6.07, 6.45) is -0.223. The second kappa shape index (κ2) is 7.04. The van der Waals surface area contributed by atoms with Crippen molar-refractivity contribution in [3.63, 3.8) is 0 Å². The molecule has 0 saturated heterocycles. The van der Waals surface area contributed by atoms with Crippen molar-refractivity contribution in [1.29, 1.82) is 5.26 Å². The quantitative estimate of drug-likeness (QED) is 0.908. The van der Waals surface area contributed by atoms with E-state index >= 15 is 0 Å². The molecule has 5 heteroatoms. The molecule has 0 aromatic heterocycles. The highest BCUT2D eigenvalue weighted by Crippen LogP contribution is 2.16. The molecule has 2 aromatic carbocycles. The summed E-state index contributed by atoms with van der Waals surface area (Å²) in [6.45, 7) is 1.91. The van der Waals surface area contributed by atoms with Gasteiger partial charge in [-0.2, -0.15) is 5.26 Å². The van der Waals surface area contributed by atoms with Crippen molar-refractivity contribution in [2.24, 2.45) is 0 Å². The Balaban J connectivity index is 2.12. The number of nitriles is 1. The number of aryl methyl sites for hydroxylation is 1. The smallest absolute Gasteiger partial charge is 0.255 e. The minimum absolute atomic E-state index is 0.223. The first kappa shape index (κ1) is 15.3. The lowest BCUT2D eigenvalue weighted by atomic mass is 10.1. The highest BCUT2D eigenvalue weighted by atomic mass is 16.2. The molecule has 22 heavy (non-hydrogen) atoms. The Labute approximate surface area is 128 Å². The van der Waals surface area contributed by atoms with Crippen LogP contribution in [0.15, 0.2) is 48.5 Å². The maximum absolute atomic E-state index is 12.3. The summed E-state index contributed by atoms with van der Waals surface area (Å²) >= 11 is 0. The molecular weight excluding hydrogens is 278 g/mol. The minimum atomic E-state index is -0.404. The van der Waals surface area contributed by atoms with Crippen molar-refractivity contribution in [3.05, 3.63) is 59.7 Å². The van der Waals surface area contributed by atoms with Gasteiger partial charge in [-0.1, -0.05) is 24.3 Å². The van der Waals surface area contributed by atoms with Crippen LogP contribution < -0.4 is 10.6 Å². The van der Waals surface area contributed by atoms with E-state index in [2.05, 4.69) is 10.6 Å². The predicted molar refractivity (Wildman–Crippen MR) is 84.4 cm³/mol. The fourth-order valence-electron chi connectivity index (χ4n) is 1.92. The number of hydrogen-bond acceptors (Lipinski definition) is 3. The molecule has 110 valence electrons. The van der Waals surface area contributed by atoms with Crippen LogP contribution in [0.2, 0.25) is 0 Å². The zero-order valence-corrected chi connectivity index (χ0v) is 12.1. The van der Waals surface area contributed by atoms with Gasteiger partial charge in [-0.15, -0.1) is 0 Å². The first-order valence-corrected chi connectivity index (χ1v) is 6.74. The Morgan fingerprint density at radius 2 is 1.86 bits per heavy atom. The lowest BCUT2D eigenvalue weighted by Crippen LogP contribution is -2.14. The number of rotatable bonds is 4. The Hall–Kier alpha value is -3.13. The van der Waals surface area contributed by atoms with Crippen molar-refractivity contribution < 1.29 is 9.59 Å². The van der Waals surface area contributed by atoms with Gasteiger partial charge < -0.3 is 10.6 Å². The standard InChI is InChI=1S/C17H15N3O2/c1-12-5-2-3-8-15(12)20-17(22)13-6-4-7-14(11-13)19-16(21)9-10-18/h2-8,11H,9H2,1H3,(H,19,21)(H,20,22). The number of para-hydroxylation sites is 1. The Kier molecular flexibility index (Phi) is 4.89. The number of carbonyl (C=O) groups is 2. The molecule has 0 bridgehead atoms. The van der Waals surface area contributed by atoms with Crippen molar-refractivity contribution in [2.45, 2.75) is 13.3 Å². The van der Waals surface area contributed by atoms with Crippen LogP contribution in [-0.2, 0) is 4.79 Å². The van der Waals surface area contributed by atoms with Gasteiger partial charge in [0.15, 0.2) is 0 Å². The highest BCUT2D eigenvalue weighted by molar-refractivity contribution is 6.05. The number of amides is 2. The molecule has 0 saturated carbocycles. The van der Waals surface area contributed by atoms with Crippen LogP contribution in [0.3, 0.4) is 0 Å². The van der Waals surface area contributed by atoms with Gasteiger partial charge in [0.1, 0.15) is 6.42 Å². The van der Waals surface area contributed by atoms with Crippen LogP contribution in [0.1, 0.15) is 22.3 Å². The van der Waals surface area contributed by atoms with E-state index in [1.165, 1.54) is 0 Å². The molecule has 0 aliphatic carbocycles. The van der Waals surface area contributed by atoms with Crippen LogP contribution in [0.4, 0.5) is 11.4 Å². The largest absolute Gasteiger partial charge is 0.325 e. The molecule has 0 aliphatic heterocycles. The van der Waals surface area contributed by atoms with Crippen molar-refractivity contribution in [3.8, 4) is 6.07 Å². The lowest BCUT2D eigenvalue weighted by molar-refractivity contribution is -0.115. The lowest BCUT2D eigenvalue weighted by Gasteiger charge is -2.09. The van der Waals surface area contributed by atoms with Crippen molar-refractivity contribution in [2.75, 3.05) is 10.6 Å². The first-order chi connectivity index (χ1) is 10.6. The van der Waals surface area contributed by atoms with Crippen LogP contribution in [0.25, 0.3) is 0 Å². The summed E-state index contributed by atoms with van der Waals surface area (Å²) in [6, 6.07) is 15.8. The van der Waals surface area contributed by atoms with E-state index in [9.17, 15) is 9.59 Å². The van der Waals surface area contributed by atoms with Gasteiger partial charge in [-0.05, 0) is 36.8 Å². The van der Waals surface area contributed by atoms with E-state index in [4.69, 9.17) is 5.26 Å².